The smallest absolute Gasteiger partial charge is 0.253 e. The molecule has 1 fully saturated rings. The van der Waals surface area contributed by atoms with Crippen molar-refractivity contribution in [3.8, 4) is 0 Å². The van der Waals surface area contributed by atoms with Gasteiger partial charge in [0.15, 0.2) is 0 Å². The van der Waals surface area contributed by atoms with E-state index in [-0.39, 0.29) is 5.91 Å². The van der Waals surface area contributed by atoms with E-state index in [4.69, 9.17) is 0 Å². The summed E-state index contributed by atoms with van der Waals surface area (Å²) in [7, 11) is 1.90. The van der Waals surface area contributed by atoms with E-state index < -0.39 is 0 Å². The summed E-state index contributed by atoms with van der Waals surface area (Å²) in [5, 5.41) is 3.34. The lowest BCUT2D eigenvalue weighted by atomic mass is 10.0. The number of likely N-dealkylation sites (N-methyl/N-ethyl adjacent to an activating group) is 1. The number of rotatable bonds is 4. The first-order valence-electron chi connectivity index (χ1n) is 7.34. The molecule has 0 aliphatic carbocycles. The van der Waals surface area contributed by atoms with E-state index in [1.165, 1.54) is 5.56 Å². The second-order valence-electron chi connectivity index (χ2n) is 5.57. The Bertz CT molecular complexity index is 467. The third-order valence-electron chi connectivity index (χ3n) is 4.14. The predicted octanol–water partition coefficient (Wildman–Crippen LogP) is 1.28. The van der Waals surface area contributed by atoms with Gasteiger partial charge in [0.05, 0.1) is 0 Å². The normalized spacial score (nSPS) is 16.1. The molecule has 1 aliphatic heterocycles. The van der Waals surface area contributed by atoms with Crippen molar-refractivity contribution in [1.29, 1.82) is 0 Å². The second kappa shape index (κ2) is 6.86. The van der Waals surface area contributed by atoms with Crippen LogP contribution >= 0.6 is 0 Å². The van der Waals surface area contributed by atoms with Crippen molar-refractivity contribution < 1.29 is 4.79 Å². The SMILES string of the molecule is Cc1cccc(C(=O)N(C)CCN2CCNCC2)c1C. The van der Waals surface area contributed by atoms with Crippen LogP contribution in [0.25, 0.3) is 0 Å². The first kappa shape index (κ1) is 15.0. The number of piperazine rings is 1. The predicted molar refractivity (Wildman–Crippen MR) is 82.2 cm³/mol. The van der Waals surface area contributed by atoms with Crippen molar-refractivity contribution in [3.63, 3.8) is 0 Å². The molecule has 1 aromatic carbocycles. The average Bonchev–Trinajstić information content (AvgIpc) is 2.48. The minimum atomic E-state index is 0.126. The van der Waals surface area contributed by atoms with Crippen LogP contribution in [0.15, 0.2) is 18.2 Å². The Labute approximate surface area is 121 Å². The Morgan fingerprint density at radius 1 is 1.30 bits per heavy atom. The van der Waals surface area contributed by atoms with Crippen LogP contribution in [0.2, 0.25) is 0 Å². The molecule has 4 heteroatoms. The molecular weight excluding hydrogens is 250 g/mol. The van der Waals surface area contributed by atoms with Crippen LogP contribution in [-0.4, -0.2) is 62.0 Å². The molecule has 1 aromatic rings. The van der Waals surface area contributed by atoms with Crippen LogP contribution < -0.4 is 5.32 Å². The number of hydrogen-bond acceptors (Lipinski definition) is 3. The molecule has 0 atom stereocenters. The van der Waals surface area contributed by atoms with E-state index in [1.54, 1.807) is 0 Å². The molecule has 0 unspecified atom stereocenters. The first-order chi connectivity index (χ1) is 9.59. The number of benzene rings is 1. The van der Waals surface area contributed by atoms with Crippen molar-refractivity contribution >= 4 is 5.91 Å². The molecule has 0 saturated carbocycles. The van der Waals surface area contributed by atoms with Gasteiger partial charge in [-0.2, -0.15) is 0 Å². The highest BCUT2D eigenvalue weighted by Gasteiger charge is 2.16. The summed E-state index contributed by atoms with van der Waals surface area (Å²) in [6.07, 6.45) is 0. The number of hydrogen-bond donors (Lipinski definition) is 1. The highest BCUT2D eigenvalue weighted by atomic mass is 16.2. The zero-order valence-corrected chi connectivity index (χ0v) is 12.8. The quantitative estimate of drug-likeness (QED) is 0.899. The Morgan fingerprint density at radius 2 is 2.00 bits per heavy atom. The van der Waals surface area contributed by atoms with Crippen molar-refractivity contribution in [1.82, 2.24) is 15.1 Å². The van der Waals surface area contributed by atoms with Crippen LogP contribution in [0.3, 0.4) is 0 Å². The van der Waals surface area contributed by atoms with Gasteiger partial charge >= 0.3 is 0 Å². The van der Waals surface area contributed by atoms with Gasteiger partial charge < -0.3 is 10.2 Å². The topological polar surface area (TPSA) is 35.6 Å². The van der Waals surface area contributed by atoms with E-state index in [0.29, 0.717) is 0 Å². The van der Waals surface area contributed by atoms with Crippen molar-refractivity contribution in [2.24, 2.45) is 0 Å². The zero-order valence-electron chi connectivity index (χ0n) is 12.8. The maximum absolute atomic E-state index is 12.5. The molecule has 0 bridgehead atoms. The molecular formula is C16H25N3O. The Kier molecular flexibility index (Phi) is 5.15. The molecule has 1 amide bonds. The number of nitrogens with one attached hydrogen (secondary N) is 1. The zero-order chi connectivity index (χ0) is 14.5. The number of carbonyl (C=O) groups excluding carboxylic acids is 1. The molecule has 110 valence electrons. The molecule has 0 radical (unpaired) electrons. The Morgan fingerprint density at radius 3 is 2.70 bits per heavy atom. The molecule has 1 saturated heterocycles. The van der Waals surface area contributed by atoms with Crippen LogP contribution in [0.4, 0.5) is 0 Å². The van der Waals surface area contributed by atoms with Crippen LogP contribution in [0, 0.1) is 13.8 Å². The maximum Gasteiger partial charge on any atom is 0.253 e. The molecule has 1 N–H and O–H groups in total. The van der Waals surface area contributed by atoms with Gasteiger partial charge in [0.1, 0.15) is 0 Å². The molecule has 20 heavy (non-hydrogen) atoms. The van der Waals surface area contributed by atoms with Gasteiger partial charge in [0.25, 0.3) is 5.91 Å². The lowest BCUT2D eigenvalue weighted by Crippen LogP contribution is -2.46. The lowest BCUT2D eigenvalue weighted by molar-refractivity contribution is 0.0774. The molecule has 0 spiro atoms. The lowest BCUT2D eigenvalue weighted by Gasteiger charge is -2.29. The van der Waals surface area contributed by atoms with Crippen molar-refractivity contribution in [2.75, 3.05) is 46.3 Å². The summed E-state index contributed by atoms with van der Waals surface area (Å²) < 4.78 is 0. The number of nitrogens with zero attached hydrogens (tertiary/aromatic N) is 2. The highest BCUT2D eigenvalue weighted by molar-refractivity contribution is 5.95. The highest BCUT2D eigenvalue weighted by Crippen LogP contribution is 2.14. The van der Waals surface area contributed by atoms with Gasteiger partial charge in [-0.25, -0.2) is 0 Å². The third-order valence-corrected chi connectivity index (χ3v) is 4.14. The fraction of sp³-hybridized carbons (Fsp3) is 0.562. The van der Waals surface area contributed by atoms with E-state index in [9.17, 15) is 4.79 Å². The van der Waals surface area contributed by atoms with E-state index in [0.717, 1.165) is 50.4 Å². The molecule has 2 rings (SSSR count). The summed E-state index contributed by atoms with van der Waals surface area (Å²) >= 11 is 0. The largest absolute Gasteiger partial charge is 0.340 e. The fourth-order valence-corrected chi connectivity index (χ4v) is 2.52. The summed E-state index contributed by atoms with van der Waals surface area (Å²) in [5.41, 5.74) is 3.09. The van der Waals surface area contributed by atoms with Crippen LogP contribution in [0.5, 0.6) is 0 Å². The summed E-state index contributed by atoms with van der Waals surface area (Å²) in [6.45, 7) is 10.1. The second-order valence-corrected chi connectivity index (χ2v) is 5.57. The maximum atomic E-state index is 12.5. The third kappa shape index (κ3) is 3.58. The Balaban J connectivity index is 1.92. The standard InChI is InChI=1S/C16H25N3O/c1-13-5-4-6-15(14(13)2)16(20)18(3)11-12-19-9-7-17-8-10-19/h4-6,17H,7-12H2,1-3H3. The summed E-state index contributed by atoms with van der Waals surface area (Å²) in [6, 6.07) is 5.93. The number of carbonyl (C=O) groups is 1. The first-order valence-corrected chi connectivity index (χ1v) is 7.34. The molecule has 0 aromatic heterocycles. The van der Waals surface area contributed by atoms with Crippen LogP contribution in [0.1, 0.15) is 21.5 Å². The van der Waals surface area contributed by atoms with Gasteiger partial charge in [0, 0.05) is 51.9 Å². The molecule has 4 nitrogen and oxygen atoms in total. The van der Waals surface area contributed by atoms with Gasteiger partial charge in [-0.05, 0) is 31.0 Å². The van der Waals surface area contributed by atoms with E-state index >= 15 is 0 Å². The monoisotopic (exact) mass is 275 g/mol. The summed E-state index contributed by atoms with van der Waals surface area (Å²) in [4.78, 5) is 16.7. The van der Waals surface area contributed by atoms with Crippen molar-refractivity contribution in [3.05, 3.63) is 34.9 Å². The van der Waals surface area contributed by atoms with Crippen LogP contribution in [-0.2, 0) is 0 Å². The van der Waals surface area contributed by atoms with Gasteiger partial charge in [0.2, 0.25) is 0 Å². The van der Waals surface area contributed by atoms with E-state index in [2.05, 4.69) is 10.2 Å². The number of amides is 1. The minimum absolute atomic E-state index is 0.126. The van der Waals surface area contributed by atoms with Gasteiger partial charge in [-0.3, -0.25) is 9.69 Å². The average molecular weight is 275 g/mol. The van der Waals surface area contributed by atoms with Gasteiger partial charge in [-0.15, -0.1) is 0 Å². The number of aryl methyl sites for hydroxylation is 1. The van der Waals surface area contributed by atoms with Crippen molar-refractivity contribution in [2.45, 2.75) is 13.8 Å². The van der Waals surface area contributed by atoms with Gasteiger partial charge in [-0.1, -0.05) is 12.1 Å². The fourth-order valence-electron chi connectivity index (χ4n) is 2.52. The molecule has 1 aliphatic rings. The molecule has 1 heterocycles. The van der Waals surface area contributed by atoms with E-state index in [1.807, 2.05) is 44.0 Å². The summed E-state index contributed by atoms with van der Waals surface area (Å²) in [5.74, 6) is 0.126. The minimum Gasteiger partial charge on any atom is -0.340 e. The Hall–Kier alpha value is -1.39.